The SMILES string of the molecule is Cc1onc2c1NC(=O)COC2(C)c1ccccc1. The molecule has 1 unspecified atom stereocenters. The molecule has 1 N–H and O–H groups in total. The Balaban J connectivity index is 2.19. The standard InChI is InChI=1S/C14H14N2O3/c1-9-12-13(16-19-9)14(2,18-8-11(17)15-12)10-6-4-3-5-7-10/h3-7H,8H2,1-2H3,(H,15,17). The van der Waals surface area contributed by atoms with Gasteiger partial charge in [0.2, 0.25) is 0 Å². The van der Waals surface area contributed by atoms with E-state index < -0.39 is 5.60 Å². The average molecular weight is 258 g/mol. The van der Waals surface area contributed by atoms with Crippen LogP contribution < -0.4 is 5.32 Å². The lowest BCUT2D eigenvalue weighted by Gasteiger charge is -2.26. The van der Waals surface area contributed by atoms with Crippen LogP contribution in [0.2, 0.25) is 0 Å². The Morgan fingerprint density at radius 3 is 2.79 bits per heavy atom. The van der Waals surface area contributed by atoms with Gasteiger partial charge in [-0.2, -0.15) is 0 Å². The van der Waals surface area contributed by atoms with Crippen molar-refractivity contribution in [2.45, 2.75) is 19.4 Å². The number of ether oxygens (including phenoxy) is 1. The Bertz CT molecular complexity index is 621. The van der Waals surface area contributed by atoms with Gasteiger partial charge in [0, 0.05) is 0 Å². The minimum Gasteiger partial charge on any atom is -0.359 e. The van der Waals surface area contributed by atoms with Crippen LogP contribution in [-0.2, 0) is 15.1 Å². The van der Waals surface area contributed by atoms with Gasteiger partial charge in [-0.3, -0.25) is 4.79 Å². The number of hydrogen-bond acceptors (Lipinski definition) is 4. The fourth-order valence-electron chi connectivity index (χ4n) is 2.27. The third kappa shape index (κ3) is 1.82. The van der Waals surface area contributed by atoms with Gasteiger partial charge in [0.25, 0.3) is 5.91 Å². The fraction of sp³-hybridized carbons (Fsp3) is 0.286. The van der Waals surface area contributed by atoms with Crippen LogP contribution in [0.15, 0.2) is 34.9 Å². The van der Waals surface area contributed by atoms with Crippen molar-refractivity contribution in [2.75, 3.05) is 11.9 Å². The molecule has 1 atom stereocenters. The number of hydrogen-bond donors (Lipinski definition) is 1. The second kappa shape index (κ2) is 4.20. The maximum Gasteiger partial charge on any atom is 0.250 e. The number of nitrogens with zero attached hydrogens (tertiary/aromatic N) is 1. The molecule has 2 heterocycles. The van der Waals surface area contributed by atoms with Gasteiger partial charge in [0.05, 0.1) is 0 Å². The third-order valence-corrected chi connectivity index (χ3v) is 3.40. The molecule has 1 amide bonds. The first-order chi connectivity index (χ1) is 9.11. The lowest BCUT2D eigenvalue weighted by atomic mass is 9.91. The molecule has 0 radical (unpaired) electrons. The maximum atomic E-state index is 11.7. The van der Waals surface area contributed by atoms with Crippen LogP contribution in [0.3, 0.4) is 0 Å². The summed E-state index contributed by atoms with van der Waals surface area (Å²) in [4.78, 5) is 11.7. The Labute approximate surface area is 110 Å². The molecule has 98 valence electrons. The number of anilines is 1. The molecule has 0 saturated heterocycles. The lowest BCUT2D eigenvalue weighted by molar-refractivity contribution is -0.124. The summed E-state index contributed by atoms with van der Waals surface area (Å²) in [7, 11) is 0. The molecule has 5 nitrogen and oxygen atoms in total. The van der Waals surface area contributed by atoms with Gasteiger partial charge in [0.1, 0.15) is 23.6 Å². The normalized spacial score (nSPS) is 22.5. The molecule has 0 aliphatic carbocycles. The highest BCUT2D eigenvalue weighted by atomic mass is 16.5. The lowest BCUT2D eigenvalue weighted by Crippen LogP contribution is -2.28. The number of nitrogens with one attached hydrogen (secondary N) is 1. The van der Waals surface area contributed by atoms with E-state index in [0.29, 0.717) is 17.1 Å². The highest BCUT2D eigenvalue weighted by Crippen LogP contribution is 2.39. The number of amides is 1. The molecule has 5 heteroatoms. The molecule has 2 aromatic rings. The maximum absolute atomic E-state index is 11.7. The van der Waals surface area contributed by atoms with Gasteiger partial charge < -0.3 is 14.6 Å². The van der Waals surface area contributed by atoms with E-state index in [1.54, 1.807) is 6.92 Å². The highest BCUT2D eigenvalue weighted by molar-refractivity contribution is 5.93. The largest absolute Gasteiger partial charge is 0.359 e. The molecule has 19 heavy (non-hydrogen) atoms. The summed E-state index contributed by atoms with van der Waals surface area (Å²) in [5.41, 5.74) is 1.34. The van der Waals surface area contributed by atoms with E-state index in [0.717, 1.165) is 5.56 Å². The Kier molecular flexibility index (Phi) is 2.64. The minimum absolute atomic E-state index is 0.0127. The molecule has 1 aromatic heterocycles. The van der Waals surface area contributed by atoms with Crippen LogP contribution in [-0.4, -0.2) is 17.7 Å². The van der Waals surface area contributed by atoms with E-state index >= 15 is 0 Å². The van der Waals surface area contributed by atoms with Crippen LogP contribution in [0.1, 0.15) is 23.9 Å². The fourth-order valence-corrected chi connectivity index (χ4v) is 2.27. The van der Waals surface area contributed by atoms with Crippen LogP contribution in [0.5, 0.6) is 0 Å². The van der Waals surface area contributed by atoms with Gasteiger partial charge in [-0.05, 0) is 19.4 Å². The average Bonchev–Trinajstić information content (AvgIpc) is 2.72. The van der Waals surface area contributed by atoms with Crippen molar-refractivity contribution in [1.82, 2.24) is 5.16 Å². The Morgan fingerprint density at radius 1 is 1.32 bits per heavy atom. The zero-order valence-electron chi connectivity index (χ0n) is 10.8. The Hall–Kier alpha value is -2.14. The van der Waals surface area contributed by atoms with Gasteiger partial charge in [-0.25, -0.2) is 0 Å². The van der Waals surface area contributed by atoms with E-state index in [9.17, 15) is 4.79 Å². The van der Waals surface area contributed by atoms with E-state index in [-0.39, 0.29) is 12.5 Å². The second-order valence-electron chi connectivity index (χ2n) is 4.70. The molecule has 0 spiro atoms. The summed E-state index contributed by atoms with van der Waals surface area (Å²) in [5.74, 6) is 0.378. The first kappa shape index (κ1) is 11.9. The molecule has 1 aliphatic rings. The van der Waals surface area contributed by atoms with Gasteiger partial charge >= 0.3 is 0 Å². The zero-order valence-corrected chi connectivity index (χ0v) is 10.8. The van der Waals surface area contributed by atoms with Crippen molar-refractivity contribution in [1.29, 1.82) is 0 Å². The number of aryl methyl sites for hydroxylation is 1. The zero-order chi connectivity index (χ0) is 13.5. The smallest absolute Gasteiger partial charge is 0.250 e. The van der Waals surface area contributed by atoms with E-state index in [1.807, 2.05) is 37.3 Å². The van der Waals surface area contributed by atoms with Crippen molar-refractivity contribution in [3.63, 3.8) is 0 Å². The van der Waals surface area contributed by atoms with Crippen LogP contribution in [0, 0.1) is 6.92 Å². The number of carbonyl (C=O) groups excluding carboxylic acids is 1. The summed E-state index contributed by atoms with van der Waals surface area (Å²) in [6.07, 6.45) is 0. The first-order valence-corrected chi connectivity index (χ1v) is 6.07. The second-order valence-corrected chi connectivity index (χ2v) is 4.70. The number of rotatable bonds is 1. The van der Waals surface area contributed by atoms with Crippen LogP contribution in [0.4, 0.5) is 5.69 Å². The van der Waals surface area contributed by atoms with Gasteiger partial charge in [-0.1, -0.05) is 35.5 Å². The molecular weight excluding hydrogens is 244 g/mol. The van der Waals surface area contributed by atoms with Crippen molar-refractivity contribution in [3.05, 3.63) is 47.3 Å². The van der Waals surface area contributed by atoms with Crippen LogP contribution in [0.25, 0.3) is 0 Å². The molecule has 3 rings (SSSR count). The highest BCUT2D eigenvalue weighted by Gasteiger charge is 2.39. The summed E-state index contributed by atoms with van der Waals surface area (Å²) in [5, 5.41) is 6.84. The van der Waals surface area contributed by atoms with Crippen molar-refractivity contribution in [3.8, 4) is 0 Å². The minimum atomic E-state index is -0.798. The quantitative estimate of drug-likeness (QED) is 0.851. The van der Waals surface area contributed by atoms with Crippen LogP contribution >= 0.6 is 0 Å². The predicted octanol–water partition coefficient (Wildman–Crippen LogP) is 2.22. The van der Waals surface area contributed by atoms with Gasteiger partial charge in [-0.15, -0.1) is 0 Å². The predicted molar refractivity (Wildman–Crippen MR) is 68.7 cm³/mol. The molecule has 0 saturated carbocycles. The molecular formula is C14H14N2O3. The monoisotopic (exact) mass is 258 g/mol. The van der Waals surface area contributed by atoms with Gasteiger partial charge in [0.15, 0.2) is 5.76 Å². The number of fused-ring (bicyclic) bond motifs is 1. The molecule has 1 aromatic carbocycles. The van der Waals surface area contributed by atoms with Crippen molar-refractivity contribution in [2.24, 2.45) is 0 Å². The summed E-state index contributed by atoms with van der Waals surface area (Å²) >= 11 is 0. The first-order valence-electron chi connectivity index (χ1n) is 6.07. The summed E-state index contributed by atoms with van der Waals surface area (Å²) < 4.78 is 11.0. The number of aromatic nitrogens is 1. The summed E-state index contributed by atoms with van der Waals surface area (Å²) in [6.45, 7) is 3.65. The Morgan fingerprint density at radius 2 is 2.05 bits per heavy atom. The van der Waals surface area contributed by atoms with Crippen molar-refractivity contribution >= 4 is 11.6 Å². The van der Waals surface area contributed by atoms with E-state index in [1.165, 1.54) is 0 Å². The van der Waals surface area contributed by atoms with E-state index in [4.69, 9.17) is 9.26 Å². The number of carbonyl (C=O) groups is 1. The summed E-state index contributed by atoms with van der Waals surface area (Å²) in [6, 6.07) is 9.68. The molecule has 1 aliphatic heterocycles. The third-order valence-electron chi connectivity index (χ3n) is 3.40. The van der Waals surface area contributed by atoms with E-state index in [2.05, 4.69) is 10.5 Å². The topological polar surface area (TPSA) is 64.4 Å². The molecule has 0 bridgehead atoms. The number of benzene rings is 1. The molecule has 0 fully saturated rings. The van der Waals surface area contributed by atoms with Crippen molar-refractivity contribution < 1.29 is 14.1 Å².